The van der Waals surface area contributed by atoms with Gasteiger partial charge in [0.05, 0.1) is 12.6 Å². The number of nitrogens with zero attached hydrogens (tertiary/aromatic N) is 3. The van der Waals surface area contributed by atoms with Gasteiger partial charge in [0, 0.05) is 36.6 Å². The third-order valence-corrected chi connectivity index (χ3v) is 6.11. The number of hydrogen-bond donors (Lipinski definition) is 0. The molecule has 0 bridgehead atoms. The van der Waals surface area contributed by atoms with Crippen LogP contribution in [0.3, 0.4) is 0 Å². The van der Waals surface area contributed by atoms with Crippen molar-refractivity contribution in [1.82, 2.24) is 9.88 Å². The predicted molar refractivity (Wildman–Crippen MR) is 106 cm³/mol. The standard InChI is InChI=1S/C22H26FN3O2/c1-21(2)14-22(15-26(21)17-7-5-16(23)6-8-17)10-4-12-25(22)20(27)19-13-18(28-3)9-11-24-19/h5-9,11,13H,4,10,12,14-15H2,1-3H3. The summed E-state index contributed by atoms with van der Waals surface area (Å²) in [5.41, 5.74) is 1.03. The molecule has 3 heterocycles. The van der Waals surface area contributed by atoms with Crippen molar-refractivity contribution in [2.75, 3.05) is 25.1 Å². The molecule has 1 amide bonds. The van der Waals surface area contributed by atoms with Gasteiger partial charge < -0.3 is 14.5 Å². The van der Waals surface area contributed by atoms with Crippen LogP contribution in [-0.2, 0) is 0 Å². The van der Waals surface area contributed by atoms with E-state index in [1.165, 1.54) is 12.1 Å². The van der Waals surface area contributed by atoms with Crippen LogP contribution in [0, 0.1) is 5.82 Å². The number of methoxy groups -OCH3 is 1. The molecule has 0 saturated carbocycles. The lowest BCUT2D eigenvalue weighted by molar-refractivity contribution is 0.0611. The highest BCUT2D eigenvalue weighted by Gasteiger charge is 2.55. The molecule has 0 N–H and O–H groups in total. The van der Waals surface area contributed by atoms with Crippen LogP contribution < -0.4 is 9.64 Å². The van der Waals surface area contributed by atoms with Crippen molar-refractivity contribution in [2.45, 2.75) is 44.2 Å². The zero-order valence-electron chi connectivity index (χ0n) is 16.6. The SMILES string of the molecule is COc1ccnc(C(=O)N2CCCC23CN(c2ccc(F)cc2)C(C)(C)C3)c1. The van der Waals surface area contributed by atoms with Crippen molar-refractivity contribution in [3.63, 3.8) is 0 Å². The van der Waals surface area contributed by atoms with Gasteiger partial charge in [-0.25, -0.2) is 4.39 Å². The normalized spacial score (nSPS) is 23.4. The van der Waals surface area contributed by atoms with Gasteiger partial charge in [-0.05, 0) is 63.4 Å². The Balaban J connectivity index is 1.64. The molecule has 2 aliphatic heterocycles. The van der Waals surface area contributed by atoms with E-state index in [0.29, 0.717) is 11.4 Å². The van der Waals surface area contributed by atoms with Gasteiger partial charge in [-0.15, -0.1) is 0 Å². The molecular formula is C22H26FN3O2. The molecule has 4 rings (SSSR count). The number of benzene rings is 1. The smallest absolute Gasteiger partial charge is 0.273 e. The first-order valence-corrected chi connectivity index (χ1v) is 9.70. The van der Waals surface area contributed by atoms with Crippen LogP contribution >= 0.6 is 0 Å². The highest BCUT2D eigenvalue weighted by molar-refractivity contribution is 5.93. The third kappa shape index (κ3) is 3.11. The van der Waals surface area contributed by atoms with Crippen LogP contribution in [0.2, 0.25) is 0 Å². The fourth-order valence-corrected chi connectivity index (χ4v) is 4.92. The summed E-state index contributed by atoms with van der Waals surface area (Å²) < 4.78 is 18.6. The quantitative estimate of drug-likeness (QED) is 0.807. The number of likely N-dealkylation sites (tertiary alicyclic amines) is 1. The molecule has 1 aromatic carbocycles. The molecule has 148 valence electrons. The molecule has 6 heteroatoms. The van der Waals surface area contributed by atoms with Crippen molar-refractivity contribution < 1.29 is 13.9 Å². The Kier molecular flexibility index (Phi) is 4.52. The van der Waals surface area contributed by atoms with Crippen molar-refractivity contribution in [2.24, 2.45) is 0 Å². The predicted octanol–water partition coefficient (Wildman–Crippen LogP) is 3.89. The van der Waals surface area contributed by atoms with Crippen LogP contribution in [0.1, 0.15) is 43.6 Å². The average molecular weight is 383 g/mol. The van der Waals surface area contributed by atoms with Crippen molar-refractivity contribution >= 4 is 11.6 Å². The largest absolute Gasteiger partial charge is 0.497 e. The Labute approximate surface area is 165 Å². The Bertz CT molecular complexity index is 884. The molecule has 1 unspecified atom stereocenters. The second kappa shape index (κ2) is 6.76. The monoisotopic (exact) mass is 383 g/mol. The van der Waals surface area contributed by atoms with E-state index in [2.05, 4.69) is 23.7 Å². The van der Waals surface area contributed by atoms with E-state index in [4.69, 9.17) is 4.74 Å². The summed E-state index contributed by atoms with van der Waals surface area (Å²) in [6, 6.07) is 10.1. The van der Waals surface area contributed by atoms with Crippen LogP contribution in [-0.4, -0.2) is 47.1 Å². The summed E-state index contributed by atoms with van der Waals surface area (Å²) >= 11 is 0. The van der Waals surface area contributed by atoms with Gasteiger partial charge in [0.25, 0.3) is 5.91 Å². The number of carbonyl (C=O) groups excluding carboxylic acids is 1. The van der Waals surface area contributed by atoms with Gasteiger partial charge in [-0.1, -0.05) is 0 Å². The number of amides is 1. The number of ether oxygens (including phenoxy) is 1. The molecule has 28 heavy (non-hydrogen) atoms. The molecule has 5 nitrogen and oxygen atoms in total. The summed E-state index contributed by atoms with van der Waals surface area (Å²) in [7, 11) is 1.58. The van der Waals surface area contributed by atoms with Crippen LogP contribution in [0.4, 0.5) is 10.1 Å². The highest BCUT2D eigenvalue weighted by atomic mass is 19.1. The molecule has 0 radical (unpaired) electrons. The molecule has 0 aliphatic carbocycles. The van der Waals surface area contributed by atoms with Crippen LogP contribution in [0.25, 0.3) is 0 Å². The highest BCUT2D eigenvalue weighted by Crippen LogP contribution is 2.47. The number of anilines is 1. The van der Waals surface area contributed by atoms with Crippen LogP contribution in [0.5, 0.6) is 5.75 Å². The first-order chi connectivity index (χ1) is 13.3. The Hall–Kier alpha value is -2.63. The van der Waals surface area contributed by atoms with E-state index in [1.54, 1.807) is 25.4 Å². The van der Waals surface area contributed by atoms with Crippen molar-refractivity contribution in [3.8, 4) is 5.75 Å². The number of rotatable bonds is 3. The van der Waals surface area contributed by atoms with Gasteiger partial charge in [-0.2, -0.15) is 0 Å². The number of aromatic nitrogens is 1. The molecule has 1 atom stereocenters. The Morgan fingerprint density at radius 2 is 1.96 bits per heavy atom. The van der Waals surface area contributed by atoms with Crippen molar-refractivity contribution in [1.29, 1.82) is 0 Å². The second-order valence-electron chi connectivity index (χ2n) is 8.42. The van der Waals surface area contributed by atoms with E-state index in [1.807, 2.05) is 17.0 Å². The lowest BCUT2D eigenvalue weighted by Gasteiger charge is -2.35. The second-order valence-corrected chi connectivity index (χ2v) is 8.42. The van der Waals surface area contributed by atoms with E-state index in [9.17, 15) is 9.18 Å². The first kappa shape index (κ1) is 18.7. The number of carbonyl (C=O) groups is 1. The van der Waals surface area contributed by atoms with Crippen molar-refractivity contribution in [3.05, 3.63) is 54.1 Å². The topological polar surface area (TPSA) is 45.7 Å². The number of halogens is 1. The molecule has 2 fully saturated rings. The van der Waals surface area contributed by atoms with Crippen LogP contribution in [0.15, 0.2) is 42.6 Å². The minimum absolute atomic E-state index is 0.0480. The molecule has 2 saturated heterocycles. The number of pyridine rings is 1. The molecule has 2 aromatic rings. The van der Waals surface area contributed by atoms with E-state index in [-0.39, 0.29) is 22.8 Å². The zero-order chi connectivity index (χ0) is 19.9. The van der Waals surface area contributed by atoms with Gasteiger partial charge in [0.2, 0.25) is 0 Å². The summed E-state index contributed by atoms with van der Waals surface area (Å²) in [6.07, 6.45) is 4.41. The Morgan fingerprint density at radius 3 is 2.68 bits per heavy atom. The summed E-state index contributed by atoms with van der Waals surface area (Å²) in [5.74, 6) is 0.344. The van der Waals surface area contributed by atoms with Gasteiger partial charge in [0.15, 0.2) is 0 Å². The van der Waals surface area contributed by atoms with E-state index >= 15 is 0 Å². The Morgan fingerprint density at radius 1 is 1.21 bits per heavy atom. The lowest BCUT2D eigenvalue weighted by atomic mass is 9.87. The summed E-state index contributed by atoms with van der Waals surface area (Å²) in [4.78, 5) is 21.9. The molecule has 2 aliphatic rings. The maximum absolute atomic E-state index is 13.4. The molecular weight excluding hydrogens is 357 g/mol. The average Bonchev–Trinajstić information content (AvgIpc) is 3.21. The maximum atomic E-state index is 13.4. The minimum atomic E-state index is -0.239. The first-order valence-electron chi connectivity index (χ1n) is 9.70. The van der Waals surface area contributed by atoms with Gasteiger partial charge in [0.1, 0.15) is 17.3 Å². The fraction of sp³-hybridized carbons (Fsp3) is 0.455. The minimum Gasteiger partial charge on any atom is -0.497 e. The van der Waals surface area contributed by atoms with E-state index < -0.39 is 0 Å². The van der Waals surface area contributed by atoms with Gasteiger partial charge >= 0.3 is 0 Å². The maximum Gasteiger partial charge on any atom is 0.273 e. The summed E-state index contributed by atoms with van der Waals surface area (Å²) in [5, 5.41) is 0. The zero-order valence-corrected chi connectivity index (χ0v) is 16.6. The van der Waals surface area contributed by atoms with E-state index in [0.717, 1.165) is 38.0 Å². The number of hydrogen-bond acceptors (Lipinski definition) is 4. The van der Waals surface area contributed by atoms with Gasteiger partial charge in [-0.3, -0.25) is 9.78 Å². The third-order valence-electron chi connectivity index (χ3n) is 6.11. The fourth-order valence-electron chi connectivity index (χ4n) is 4.92. The lowest BCUT2D eigenvalue weighted by Crippen LogP contribution is -2.49. The summed E-state index contributed by atoms with van der Waals surface area (Å²) in [6.45, 7) is 5.85. The molecule has 1 aromatic heterocycles. The molecule has 1 spiro atoms.